The van der Waals surface area contributed by atoms with E-state index < -0.39 is 0 Å². The monoisotopic (exact) mass is 341 g/mol. The molecule has 0 bridgehead atoms. The largest absolute Gasteiger partial charge is 0.312 e. The first-order valence-corrected chi connectivity index (χ1v) is 7.85. The van der Waals surface area contributed by atoms with Crippen LogP contribution < -0.4 is 5.32 Å². The Labute approximate surface area is 126 Å². The topological polar surface area (TPSA) is 12.0 Å². The first-order chi connectivity index (χ1) is 9.00. The van der Waals surface area contributed by atoms with Gasteiger partial charge in [-0.15, -0.1) is 11.3 Å². The fourth-order valence-corrected chi connectivity index (χ4v) is 3.20. The summed E-state index contributed by atoms with van der Waals surface area (Å²) in [6, 6.07) is 9.36. The van der Waals surface area contributed by atoms with Crippen molar-refractivity contribution in [3.05, 3.63) is 56.4 Å². The van der Waals surface area contributed by atoms with Crippen LogP contribution >= 0.6 is 27.3 Å². The summed E-state index contributed by atoms with van der Waals surface area (Å²) in [6.07, 6.45) is 0. The Morgan fingerprint density at radius 2 is 2.05 bits per heavy atom. The zero-order valence-corrected chi connectivity index (χ0v) is 13.4. The van der Waals surface area contributed by atoms with Gasteiger partial charge in [0.25, 0.3) is 0 Å². The maximum absolute atomic E-state index is 13.4. The standard InChI is InChI=1S/C15H17BrFNS/c1-15(2,13-7-4-8-19-13)10-18-9-11-5-3-6-12(17)14(11)16/h3-8,18H,9-10H2,1-2H3. The summed E-state index contributed by atoms with van der Waals surface area (Å²) in [7, 11) is 0. The second-order valence-electron chi connectivity index (χ2n) is 5.18. The van der Waals surface area contributed by atoms with Gasteiger partial charge in [-0.2, -0.15) is 0 Å². The van der Waals surface area contributed by atoms with E-state index in [2.05, 4.69) is 52.6 Å². The van der Waals surface area contributed by atoms with E-state index in [1.807, 2.05) is 6.07 Å². The molecule has 0 amide bonds. The van der Waals surface area contributed by atoms with Gasteiger partial charge < -0.3 is 5.32 Å². The molecule has 1 nitrogen and oxygen atoms in total. The molecular weight excluding hydrogens is 325 g/mol. The third-order valence-electron chi connectivity index (χ3n) is 3.10. The van der Waals surface area contributed by atoms with Gasteiger partial charge in [0.05, 0.1) is 4.47 Å². The van der Waals surface area contributed by atoms with Gasteiger partial charge in [-0.3, -0.25) is 0 Å². The molecular formula is C15H17BrFNS. The average molecular weight is 342 g/mol. The minimum absolute atomic E-state index is 0.0912. The summed E-state index contributed by atoms with van der Waals surface area (Å²) in [5.74, 6) is -0.211. The lowest BCUT2D eigenvalue weighted by Crippen LogP contribution is -2.32. The number of thiophene rings is 1. The van der Waals surface area contributed by atoms with Gasteiger partial charge in [0.2, 0.25) is 0 Å². The molecule has 0 aliphatic rings. The predicted molar refractivity (Wildman–Crippen MR) is 83.2 cm³/mol. The van der Waals surface area contributed by atoms with E-state index in [0.29, 0.717) is 11.0 Å². The Morgan fingerprint density at radius 3 is 2.74 bits per heavy atom. The molecule has 1 N–H and O–H groups in total. The summed E-state index contributed by atoms with van der Waals surface area (Å²) < 4.78 is 13.9. The minimum atomic E-state index is -0.211. The van der Waals surface area contributed by atoms with Crippen LogP contribution in [0.2, 0.25) is 0 Å². The number of hydrogen-bond donors (Lipinski definition) is 1. The zero-order chi connectivity index (χ0) is 13.9. The maximum Gasteiger partial charge on any atom is 0.137 e. The van der Waals surface area contributed by atoms with Gasteiger partial charge in [0.15, 0.2) is 0 Å². The van der Waals surface area contributed by atoms with Crippen molar-refractivity contribution >= 4 is 27.3 Å². The number of hydrogen-bond acceptors (Lipinski definition) is 2. The van der Waals surface area contributed by atoms with E-state index in [1.165, 1.54) is 10.9 Å². The molecule has 2 rings (SSSR count). The second kappa shape index (κ2) is 6.16. The molecule has 0 radical (unpaired) electrons. The van der Waals surface area contributed by atoms with Crippen LogP contribution in [0.3, 0.4) is 0 Å². The smallest absolute Gasteiger partial charge is 0.137 e. The molecule has 0 aliphatic heterocycles. The summed E-state index contributed by atoms with van der Waals surface area (Å²) in [6.45, 7) is 5.95. The lowest BCUT2D eigenvalue weighted by molar-refractivity contribution is 0.475. The number of benzene rings is 1. The van der Waals surface area contributed by atoms with Crippen LogP contribution in [0, 0.1) is 5.82 Å². The van der Waals surface area contributed by atoms with Crippen molar-refractivity contribution in [1.82, 2.24) is 5.32 Å². The van der Waals surface area contributed by atoms with Gasteiger partial charge in [0, 0.05) is 23.4 Å². The van der Waals surface area contributed by atoms with Crippen molar-refractivity contribution in [2.24, 2.45) is 0 Å². The van der Waals surface area contributed by atoms with E-state index in [9.17, 15) is 4.39 Å². The van der Waals surface area contributed by atoms with Crippen molar-refractivity contribution in [2.75, 3.05) is 6.54 Å². The average Bonchev–Trinajstić information content (AvgIpc) is 2.89. The molecule has 0 fully saturated rings. The predicted octanol–water partition coefficient (Wildman–Crippen LogP) is 4.72. The Bertz CT molecular complexity index is 537. The highest BCUT2D eigenvalue weighted by Gasteiger charge is 2.21. The van der Waals surface area contributed by atoms with Gasteiger partial charge in [-0.1, -0.05) is 32.0 Å². The third kappa shape index (κ3) is 3.65. The molecule has 1 aromatic heterocycles. The van der Waals surface area contributed by atoms with Crippen LogP contribution in [0.1, 0.15) is 24.3 Å². The highest BCUT2D eigenvalue weighted by atomic mass is 79.9. The Hall–Kier alpha value is -0.710. The highest BCUT2D eigenvalue weighted by Crippen LogP contribution is 2.27. The molecule has 0 saturated heterocycles. The first-order valence-electron chi connectivity index (χ1n) is 6.18. The van der Waals surface area contributed by atoms with Gasteiger partial charge in [-0.05, 0) is 39.0 Å². The van der Waals surface area contributed by atoms with Crippen molar-refractivity contribution in [3.8, 4) is 0 Å². The van der Waals surface area contributed by atoms with Gasteiger partial charge in [-0.25, -0.2) is 4.39 Å². The summed E-state index contributed by atoms with van der Waals surface area (Å²) in [5.41, 5.74) is 1.04. The summed E-state index contributed by atoms with van der Waals surface area (Å²) in [4.78, 5) is 1.36. The third-order valence-corrected chi connectivity index (χ3v) is 5.23. The fraction of sp³-hybridized carbons (Fsp3) is 0.333. The van der Waals surface area contributed by atoms with Crippen molar-refractivity contribution in [2.45, 2.75) is 25.8 Å². The Morgan fingerprint density at radius 1 is 1.26 bits per heavy atom. The molecule has 1 heterocycles. The molecule has 4 heteroatoms. The number of rotatable bonds is 5. The van der Waals surface area contributed by atoms with Crippen molar-refractivity contribution in [3.63, 3.8) is 0 Å². The second-order valence-corrected chi connectivity index (χ2v) is 6.92. The highest BCUT2D eigenvalue weighted by molar-refractivity contribution is 9.10. The van der Waals surface area contributed by atoms with Crippen LogP contribution in [0.5, 0.6) is 0 Å². The molecule has 0 atom stereocenters. The Balaban J connectivity index is 1.95. The van der Waals surface area contributed by atoms with Crippen molar-refractivity contribution < 1.29 is 4.39 Å². The normalized spacial score (nSPS) is 11.8. The van der Waals surface area contributed by atoms with E-state index >= 15 is 0 Å². The molecule has 1 aromatic carbocycles. The maximum atomic E-state index is 13.4. The molecule has 0 saturated carbocycles. The molecule has 0 aliphatic carbocycles. The minimum Gasteiger partial charge on any atom is -0.312 e. The molecule has 0 spiro atoms. The van der Waals surface area contributed by atoms with E-state index in [0.717, 1.165) is 12.1 Å². The van der Waals surface area contributed by atoms with Gasteiger partial charge in [0.1, 0.15) is 5.82 Å². The van der Waals surface area contributed by atoms with Crippen LogP contribution in [0.25, 0.3) is 0 Å². The molecule has 0 unspecified atom stereocenters. The van der Waals surface area contributed by atoms with Crippen molar-refractivity contribution in [1.29, 1.82) is 0 Å². The Kier molecular flexibility index (Phi) is 4.76. The first kappa shape index (κ1) is 14.7. The lowest BCUT2D eigenvalue weighted by Gasteiger charge is -2.24. The number of halogens is 2. The lowest BCUT2D eigenvalue weighted by atomic mass is 9.91. The molecule has 2 aromatic rings. The van der Waals surface area contributed by atoms with Crippen LogP contribution in [0.15, 0.2) is 40.2 Å². The summed E-state index contributed by atoms with van der Waals surface area (Å²) >= 11 is 5.06. The molecule has 19 heavy (non-hydrogen) atoms. The van der Waals surface area contributed by atoms with Crippen LogP contribution in [0.4, 0.5) is 4.39 Å². The van der Waals surface area contributed by atoms with Crippen LogP contribution in [-0.4, -0.2) is 6.54 Å². The van der Waals surface area contributed by atoms with Crippen LogP contribution in [-0.2, 0) is 12.0 Å². The van der Waals surface area contributed by atoms with E-state index in [4.69, 9.17) is 0 Å². The fourth-order valence-electron chi connectivity index (χ4n) is 1.95. The SMILES string of the molecule is CC(C)(CNCc1cccc(F)c1Br)c1cccs1. The summed E-state index contributed by atoms with van der Waals surface area (Å²) in [5, 5.41) is 5.51. The van der Waals surface area contributed by atoms with Gasteiger partial charge >= 0.3 is 0 Å². The zero-order valence-electron chi connectivity index (χ0n) is 11.0. The van der Waals surface area contributed by atoms with E-state index in [1.54, 1.807) is 17.4 Å². The quantitative estimate of drug-likeness (QED) is 0.829. The number of nitrogens with one attached hydrogen (secondary N) is 1. The van der Waals surface area contributed by atoms with E-state index in [-0.39, 0.29) is 11.2 Å². The molecule has 102 valence electrons.